The van der Waals surface area contributed by atoms with Gasteiger partial charge < -0.3 is 5.11 Å². The molecule has 0 aliphatic heterocycles. The Morgan fingerprint density at radius 3 is 1.89 bits per heavy atom. The third kappa shape index (κ3) is 8.51. The van der Waals surface area contributed by atoms with Crippen LogP contribution in [0.4, 0.5) is 0 Å². The van der Waals surface area contributed by atoms with Crippen molar-refractivity contribution in [2.75, 3.05) is 0 Å². The van der Waals surface area contributed by atoms with Crippen LogP contribution >= 0.6 is 0 Å². The zero-order chi connectivity index (χ0) is 46.5. The van der Waals surface area contributed by atoms with Crippen molar-refractivity contribution >= 4 is 11.0 Å². The molecule has 0 fully saturated rings. The Kier molecular flexibility index (Phi) is 10.8. The van der Waals surface area contributed by atoms with Crippen LogP contribution in [-0.2, 0) is 26.5 Å². The summed E-state index contributed by atoms with van der Waals surface area (Å²) in [6, 6.07) is 66.2. The molecule has 0 unspecified atom stereocenters. The number of aryl methyl sites for hydroxylation is 2. The summed E-state index contributed by atoms with van der Waals surface area (Å²) in [4.78, 5) is 10.3. The molecule has 0 amide bonds. The minimum absolute atomic E-state index is 0. The van der Waals surface area contributed by atoms with E-state index < -0.39 is 6.85 Å². The maximum Gasteiger partial charge on any atom is 0.148 e. The first-order valence-corrected chi connectivity index (χ1v) is 21.6. The third-order valence-corrected chi connectivity index (χ3v) is 12.0. The van der Waals surface area contributed by atoms with Gasteiger partial charge in [-0.2, -0.15) is 0 Å². The van der Waals surface area contributed by atoms with E-state index in [0.717, 1.165) is 72.4 Å². The fourth-order valence-corrected chi connectivity index (χ4v) is 8.57. The molecule has 8 aromatic carbocycles. The number of hydrogen-bond acceptors (Lipinski definition) is 3. The fourth-order valence-electron chi connectivity index (χ4n) is 8.57. The zero-order valence-electron chi connectivity index (χ0n) is 39.6. The van der Waals surface area contributed by atoms with Gasteiger partial charge in [0.15, 0.2) is 0 Å². The summed E-state index contributed by atoms with van der Waals surface area (Å²) in [6.07, 6.45) is 1.85. The molecule has 0 saturated heterocycles. The smallest absolute Gasteiger partial charge is 0.148 e. The van der Waals surface area contributed by atoms with E-state index in [9.17, 15) is 5.11 Å². The Labute approximate surface area is 400 Å². The Balaban J connectivity index is 0.00000578. The number of nitrogens with zero attached hydrogens (tertiary/aromatic N) is 3. The number of phenols is 1. The normalized spacial score (nSPS) is 12.3. The molecule has 320 valence electrons. The molecule has 0 bridgehead atoms. The number of fused-ring (bicyclic) bond motifs is 1. The molecule has 0 saturated carbocycles. The summed E-state index contributed by atoms with van der Waals surface area (Å²) in [5.74, 6) is 0.510. The third-order valence-electron chi connectivity index (χ3n) is 12.0. The predicted octanol–water partition coefficient (Wildman–Crippen LogP) is 15.5. The second-order valence-electron chi connectivity index (χ2n) is 17.4. The van der Waals surface area contributed by atoms with Crippen LogP contribution in [0.25, 0.3) is 95.0 Å². The van der Waals surface area contributed by atoms with Gasteiger partial charge in [-0.25, -0.2) is 4.98 Å². The number of benzene rings is 8. The molecule has 0 aliphatic rings. The molecular formula is C60H48N3OPt-. The predicted molar refractivity (Wildman–Crippen MR) is 266 cm³/mol. The number of rotatable bonds is 8. The molecule has 65 heavy (non-hydrogen) atoms. The van der Waals surface area contributed by atoms with Crippen LogP contribution in [0.3, 0.4) is 0 Å². The quantitative estimate of drug-likeness (QED) is 0.154. The van der Waals surface area contributed by atoms with Gasteiger partial charge in [-0.05, 0) is 100 Å². The maximum atomic E-state index is 11.6. The fraction of sp³-hybridized carbons (Fsp3) is 0.100. The van der Waals surface area contributed by atoms with E-state index in [2.05, 4.69) is 100 Å². The van der Waals surface area contributed by atoms with E-state index in [4.69, 9.17) is 14.1 Å². The van der Waals surface area contributed by atoms with E-state index in [0.29, 0.717) is 28.2 Å². The molecule has 0 aliphatic carbocycles. The van der Waals surface area contributed by atoms with E-state index >= 15 is 0 Å². The van der Waals surface area contributed by atoms with Crippen molar-refractivity contribution in [3.8, 4) is 89.7 Å². The monoisotopic (exact) mass is 1020 g/mol. The van der Waals surface area contributed by atoms with E-state index in [1.54, 1.807) is 18.2 Å². The second kappa shape index (κ2) is 17.8. The summed E-state index contributed by atoms with van der Waals surface area (Å²) in [7, 11) is 0. The molecule has 2 aromatic heterocycles. The number of aromatic nitrogens is 3. The summed E-state index contributed by atoms with van der Waals surface area (Å²) in [6.45, 7) is 6.11. The van der Waals surface area contributed by atoms with Gasteiger partial charge in [0, 0.05) is 42.6 Å². The van der Waals surface area contributed by atoms with Gasteiger partial charge in [0.1, 0.15) is 11.6 Å². The van der Waals surface area contributed by atoms with Crippen LogP contribution in [0, 0.1) is 19.8 Å². The van der Waals surface area contributed by atoms with Gasteiger partial charge in [0.2, 0.25) is 0 Å². The van der Waals surface area contributed by atoms with Gasteiger partial charge in [-0.15, -0.1) is 23.8 Å². The molecule has 0 atom stereocenters. The zero-order valence-corrected chi connectivity index (χ0v) is 38.9. The largest absolute Gasteiger partial charge is 0.507 e. The van der Waals surface area contributed by atoms with Crippen LogP contribution in [0.5, 0.6) is 5.75 Å². The van der Waals surface area contributed by atoms with Crippen molar-refractivity contribution in [2.45, 2.75) is 40.0 Å². The van der Waals surface area contributed by atoms with E-state index in [-0.39, 0.29) is 37.8 Å². The molecule has 0 spiro atoms. The topological polar surface area (TPSA) is 50.9 Å². The van der Waals surface area contributed by atoms with Crippen molar-refractivity contribution in [2.24, 2.45) is 0 Å². The SMILES string of the molecule is [2H]C([2H])([2H])c1cc(-n2c(-c3ccccc3O)nc3c(-c4[c-]c(-c5cc(-c6ccc(C)cc6)ccn5)cc(-c5ccccc5)c4)cccc32)c(-c2ccccc2)cc1-c1ccc(C(C)(C)C)cc1.[Pt]. The van der Waals surface area contributed by atoms with Gasteiger partial charge in [-0.3, -0.25) is 9.55 Å². The average Bonchev–Trinajstić information content (AvgIpc) is 3.73. The van der Waals surface area contributed by atoms with Crippen molar-refractivity contribution in [1.29, 1.82) is 0 Å². The van der Waals surface area contributed by atoms with Crippen molar-refractivity contribution < 1.29 is 30.3 Å². The molecule has 5 heteroatoms. The molecule has 0 radical (unpaired) electrons. The average molecular weight is 1030 g/mol. The van der Waals surface area contributed by atoms with Gasteiger partial charge in [0.05, 0.1) is 22.3 Å². The van der Waals surface area contributed by atoms with Crippen LogP contribution in [-0.4, -0.2) is 19.6 Å². The number of para-hydroxylation sites is 2. The Morgan fingerprint density at radius 1 is 0.554 bits per heavy atom. The molecule has 1 N–H and O–H groups in total. The number of imidazole rings is 1. The summed E-state index contributed by atoms with van der Waals surface area (Å²) in [5.41, 5.74) is 15.5. The molecule has 10 aromatic rings. The van der Waals surface area contributed by atoms with Crippen molar-refractivity contribution in [1.82, 2.24) is 14.5 Å². The Bertz CT molecular complexity index is 3430. The summed E-state index contributed by atoms with van der Waals surface area (Å²) >= 11 is 0. The first-order valence-electron chi connectivity index (χ1n) is 23.1. The van der Waals surface area contributed by atoms with Crippen molar-refractivity contribution in [3.05, 3.63) is 217 Å². The van der Waals surface area contributed by atoms with Gasteiger partial charge >= 0.3 is 0 Å². The first kappa shape index (κ1) is 39.5. The number of pyridine rings is 1. The van der Waals surface area contributed by atoms with Gasteiger partial charge in [-0.1, -0.05) is 183 Å². The number of aromatic hydroxyl groups is 1. The minimum Gasteiger partial charge on any atom is -0.507 e. The molecule has 10 rings (SSSR count). The van der Waals surface area contributed by atoms with Crippen LogP contribution in [0.2, 0.25) is 0 Å². The van der Waals surface area contributed by atoms with Crippen molar-refractivity contribution in [3.63, 3.8) is 0 Å². The minimum atomic E-state index is -2.48. The van der Waals surface area contributed by atoms with E-state index in [1.165, 1.54) is 5.56 Å². The summed E-state index contributed by atoms with van der Waals surface area (Å²) in [5, 5.41) is 11.6. The Hall–Kier alpha value is -7.13. The molecule has 4 nitrogen and oxygen atoms in total. The molecular weight excluding hydrogens is 974 g/mol. The number of hydrogen-bond donors (Lipinski definition) is 1. The maximum absolute atomic E-state index is 11.6. The number of phenolic OH excluding ortho intramolecular Hbond substituents is 1. The van der Waals surface area contributed by atoms with E-state index in [1.807, 2.05) is 114 Å². The summed E-state index contributed by atoms with van der Waals surface area (Å²) < 4.78 is 28.9. The Morgan fingerprint density at radius 2 is 1.18 bits per heavy atom. The first-order chi connectivity index (χ1) is 32.3. The standard InChI is InChI=1S/C60H48N3O.Pt/c1-39-23-25-42(26-24-39)45-31-32-61-54(37-45)48-35-46(41-15-8-6-9-16-41)34-47(36-48)50-20-14-21-55-58(50)62-59(51-19-12-13-22-57(51)64)63(55)56-33-40(2)52(38-53(56)43-17-10-7-11-18-43)44-27-29-49(30-28-44)60(3,4)5;/h6-35,37-38,64H,1-5H3;/q-1;/i2D3;. The second-order valence-corrected chi connectivity index (χ2v) is 17.4. The van der Waals surface area contributed by atoms with Crippen LogP contribution in [0.15, 0.2) is 194 Å². The molecule has 2 heterocycles. The van der Waals surface area contributed by atoms with Crippen LogP contribution in [0.1, 0.15) is 41.6 Å². The van der Waals surface area contributed by atoms with Gasteiger partial charge in [0.25, 0.3) is 0 Å². The van der Waals surface area contributed by atoms with Crippen LogP contribution < -0.4 is 0 Å².